The predicted molar refractivity (Wildman–Crippen MR) is 135 cm³/mol. The van der Waals surface area contributed by atoms with Crippen molar-refractivity contribution in [3.8, 4) is 0 Å². The number of carbonyl (C=O) groups excluding carboxylic acids is 1. The SMILES string of the molecule is Cc1ccnc(Nc2cc(Nc3ccc(NC(=O)Cn4ccc5ccccc54)cc3)ncn2)c1. The molecule has 0 aliphatic carbocycles. The second-order valence-corrected chi connectivity index (χ2v) is 7.88. The highest BCUT2D eigenvalue weighted by Crippen LogP contribution is 2.21. The van der Waals surface area contributed by atoms with E-state index in [1.54, 1.807) is 12.3 Å². The lowest BCUT2D eigenvalue weighted by Gasteiger charge is -2.10. The molecule has 1 amide bonds. The fraction of sp³-hybridized carbons (Fsp3) is 0.0769. The van der Waals surface area contributed by atoms with Crippen LogP contribution in [0.2, 0.25) is 0 Å². The van der Waals surface area contributed by atoms with Crippen molar-refractivity contribution in [2.45, 2.75) is 13.5 Å². The monoisotopic (exact) mass is 449 g/mol. The van der Waals surface area contributed by atoms with E-state index in [1.165, 1.54) is 6.33 Å². The van der Waals surface area contributed by atoms with Crippen LogP contribution in [0.15, 0.2) is 91.5 Å². The maximum absolute atomic E-state index is 12.5. The number of hydrogen-bond acceptors (Lipinski definition) is 6. The Morgan fingerprint density at radius 2 is 1.56 bits per heavy atom. The van der Waals surface area contributed by atoms with Crippen LogP contribution in [-0.2, 0) is 11.3 Å². The molecule has 8 nitrogen and oxygen atoms in total. The average Bonchev–Trinajstić information content (AvgIpc) is 3.23. The highest BCUT2D eigenvalue weighted by atomic mass is 16.1. The van der Waals surface area contributed by atoms with Gasteiger partial charge in [0.15, 0.2) is 0 Å². The summed E-state index contributed by atoms with van der Waals surface area (Å²) in [5, 5.41) is 10.5. The zero-order valence-electron chi connectivity index (χ0n) is 18.6. The second-order valence-electron chi connectivity index (χ2n) is 7.88. The molecule has 0 bridgehead atoms. The van der Waals surface area contributed by atoms with Gasteiger partial charge < -0.3 is 20.5 Å². The molecular formula is C26H23N7O. The number of benzene rings is 2. The van der Waals surface area contributed by atoms with Gasteiger partial charge in [0.25, 0.3) is 0 Å². The minimum Gasteiger partial charge on any atom is -0.340 e. The van der Waals surface area contributed by atoms with Gasteiger partial charge in [0, 0.05) is 35.4 Å². The van der Waals surface area contributed by atoms with E-state index in [-0.39, 0.29) is 12.5 Å². The molecule has 0 fully saturated rings. The number of para-hydroxylation sites is 1. The third-order valence-electron chi connectivity index (χ3n) is 5.27. The number of amides is 1. The molecule has 0 unspecified atom stereocenters. The Kier molecular flexibility index (Phi) is 5.85. The molecule has 0 saturated heterocycles. The summed E-state index contributed by atoms with van der Waals surface area (Å²) < 4.78 is 1.94. The molecular weight excluding hydrogens is 426 g/mol. The van der Waals surface area contributed by atoms with Crippen molar-refractivity contribution < 1.29 is 4.79 Å². The van der Waals surface area contributed by atoms with E-state index in [2.05, 4.69) is 30.9 Å². The molecule has 2 aromatic carbocycles. The zero-order valence-corrected chi connectivity index (χ0v) is 18.6. The number of anilines is 5. The van der Waals surface area contributed by atoms with Crippen molar-refractivity contribution in [2.75, 3.05) is 16.0 Å². The minimum absolute atomic E-state index is 0.0849. The quantitative estimate of drug-likeness (QED) is 0.314. The van der Waals surface area contributed by atoms with Crippen molar-refractivity contribution in [1.82, 2.24) is 19.5 Å². The lowest BCUT2D eigenvalue weighted by atomic mass is 10.2. The summed E-state index contributed by atoms with van der Waals surface area (Å²) in [6.45, 7) is 2.26. The fourth-order valence-electron chi connectivity index (χ4n) is 3.65. The maximum Gasteiger partial charge on any atom is 0.244 e. The van der Waals surface area contributed by atoms with Gasteiger partial charge in [-0.3, -0.25) is 4.79 Å². The molecule has 34 heavy (non-hydrogen) atoms. The topological polar surface area (TPSA) is 96.8 Å². The predicted octanol–water partition coefficient (Wildman–Crippen LogP) is 5.26. The van der Waals surface area contributed by atoms with Crippen LogP contribution < -0.4 is 16.0 Å². The molecule has 0 atom stereocenters. The van der Waals surface area contributed by atoms with Crippen molar-refractivity contribution in [3.63, 3.8) is 0 Å². The van der Waals surface area contributed by atoms with Crippen molar-refractivity contribution in [3.05, 3.63) is 97.1 Å². The summed E-state index contributed by atoms with van der Waals surface area (Å²) in [7, 11) is 0. The number of aryl methyl sites for hydroxylation is 1. The normalized spacial score (nSPS) is 10.7. The maximum atomic E-state index is 12.5. The summed E-state index contributed by atoms with van der Waals surface area (Å²) in [5.74, 6) is 1.91. The van der Waals surface area contributed by atoms with Gasteiger partial charge in [-0.2, -0.15) is 0 Å². The summed E-state index contributed by atoms with van der Waals surface area (Å²) in [4.78, 5) is 25.3. The van der Waals surface area contributed by atoms with E-state index in [1.807, 2.05) is 84.4 Å². The van der Waals surface area contributed by atoms with Crippen LogP contribution in [-0.4, -0.2) is 25.4 Å². The molecule has 0 saturated carbocycles. The minimum atomic E-state index is -0.0849. The van der Waals surface area contributed by atoms with Crippen LogP contribution in [0.5, 0.6) is 0 Å². The van der Waals surface area contributed by atoms with E-state index < -0.39 is 0 Å². The largest absolute Gasteiger partial charge is 0.340 e. The molecule has 0 aliphatic heterocycles. The molecule has 3 heterocycles. The second kappa shape index (κ2) is 9.41. The van der Waals surface area contributed by atoms with Crippen LogP contribution in [0.1, 0.15) is 5.56 Å². The summed E-state index contributed by atoms with van der Waals surface area (Å²) in [5.41, 5.74) is 3.71. The number of pyridine rings is 1. The van der Waals surface area contributed by atoms with E-state index >= 15 is 0 Å². The van der Waals surface area contributed by atoms with Gasteiger partial charge in [0.2, 0.25) is 5.91 Å². The van der Waals surface area contributed by atoms with Gasteiger partial charge in [-0.25, -0.2) is 15.0 Å². The molecule has 3 N–H and O–H groups in total. The zero-order chi connectivity index (χ0) is 23.3. The first-order chi connectivity index (χ1) is 16.6. The van der Waals surface area contributed by atoms with Gasteiger partial charge in [-0.15, -0.1) is 0 Å². The molecule has 5 aromatic rings. The van der Waals surface area contributed by atoms with E-state index in [0.717, 1.165) is 33.7 Å². The fourth-order valence-corrected chi connectivity index (χ4v) is 3.65. The van der Waals surface area contributed by atoms with Crippen LogP contribution >= 0.6 is 0 Å². The molecule has 8 heteroatoms. The first-order valence-corrected chi connectivity index (χ1v) is 10.8. The highest BCUT2D eigenvalue weighted by Gasteiger charge is 2.07. The summed E-state index contributed by atoms with van der Waals surface area (Å²) >= 11 is 0. The molecule has 0 radical (unpaired) electrons. The number of rotatable bonds is 7. The van der Waals surface area contributed by atoms with E-state index in [4.69, 9.17) is 0 Å². The van der Waals surface area contributed by atoms with Crippen LogP contribution in [0.4, 0.5) is 28.8 Å². The number of nitrogens with one attached hydrogen (secondary N) is 3. The molecule has 0 aliphatic rings. The Hall–Kier alpha value is -4.72. The molecule has 5 rings (SSSR count). The third-order valence-corrected chi connectivity index (χ3v) is 5.27. The van der Waals surface area contributed by atoms with E-state index in [9.17, 15) is 4.79 Å². The smallest absolute Gasteiger partial charge is 0.244 e. The van der Waals surface area contributed by atoms with Gasteiger partial charge in [-0.05, 0) is 66.4 Å². The van der Waals surface area contributed by atoms with Gasteiger partial charge in [0.1, 0.15) is 30.3 Å². The number of nitrogens with zero attached hydrogens (tertiary/aromatic N) is 4. The van der Waals surface area contributed by atoms with Gasteiger partial charge in [-0.1, -0.05) is 18.2 Å². The molecule has 168 valence electrons. The summed E-state index contributed by atoms with van der Waals surface area (Å²) in [6.07, 6.45) is 5.16. The Balaban J connectivity index is 1.20. The number of hydrogen-bond donors (Lipinski definition) is 3. The van der Waals surface area contributed by atoms with Gasteiger partial charge >= 0.3 is 0 Å². The van der Waals surface area contributed by atoms with Crippen LogP contribution in [0.25, 0.3) is 10.9 Å². The third kappa shape index (κ3) is 5.02. The molecule has 3 aromatic heterocycles. The number of carbonyl (C=O) groups is 1. The van der Waals surface area contributed by atoms with Crippen molar-refractivity contribution in [1.29, 1.82) is 0 Å². The lowest BCUT2D eigenvalue weighted by Crippen LogP contribution is -2.18. The Labute approximate surface area is 196 Å². The first-order valence-electron chi connectivity index (χ1n) is 10.8. The average molecular weight is 450 g/mol. The molecule has 0 spiro atoms. The number of aromatic nitrogens is 4. The number of fused-ring (bicyclic) bond motifs is 1. The van der Waals surface area contributed by atoms with Crippen molar-refractivity contribution in [2.24, 2.45) is 0 Å². The van der Waals surface area contributed by atoms with E-state index in [0.29, 0.717) is 11.6 Å². The lowest BCUT2D eigenvalue weighted by molar-refractivity contribution is -0.116. The highest BCUT2D eigenvalue weighted by molar-refractivity contribution is 5.92. The summed E-state index contributed by atoms with van der Waals surface area (Å²) in [6, 6.07) is 23.2. The van der Waals surface area contributed by atoms with Gasteiger partial charge in [0.05, 0.1) is 0 Å². The van der Waals surface area contributed by atoms with Crippen LogP contribution in [0.3, 0.4) is 0 Å². The Bertz CT molecular complexity index is 1440. The Morgan fingerprint density at radius 3 is 2.38 bits per heavy atom. The first kappa shape index (κ1) is 21.1. The van der Waals surface area contributed by atoms with Crippen LogP contribution in [0, 0.1) is 6.92 Å². The van der Waals surface area contributed by atoms with Crippen molar-refractivity contribution >= 4 is 45.6 Å². The Morgan fingerprint density at radius 1 is 0.824 bits per heavy atom. The standard InChI is InChI=1S/C26H23N7O/c1-18-10-12-27-23(14-18)32-25-15-24(28-17-29-25)30-20-6-8-21(9-7-20)31-26(34)16-33-13-11-19-4-2-3-5-22(19)33/h2-15,17H,16H2,1H3,(H,31,34)(H2,27,28,29,30,32).